The van der Waals surface area contributed by atoms with Gasteiger partial charge in [0.25, 0.3) is 5.56 Å². The highest BCUT2D eigenvalue weighted by Crippen LogP contribution is 2.32. The largest absolute Gasteiger partial charge is 0.505 e. The summed E-state index contributed by atoms with van der Waals surface area (Å²) in [5.41, 5.74) is 1.72. The first-order valence-corrected chi connectivity index (χ1v) is 9.51. The first-order chi connectivity index (χ1) is 13.5. The second-order valence-electron chi connectivity index (χ2n) is 6.01. The van der Waals surface area contributed by atoms with Crippen LogP contribution in [0.4, 0.5) is 0 Å². The zero-order chi connectivity index (χ0) is 19.7. The van der Waals surface area contributed by atoms with Gasteiger partial charge in [0.2, 0.25) is 0 Å². The van der Waals surface area contributed by atoms with Crippen LogP contribution in [-0.2, 0) is 0 Å². The van der Waals surface area contributed by atoms with Crippen LogP contribution in [0.3, 0.4) is 0 Å². The Kier molecular flexibility index (Phi) is 4.98. The van der Waals surface area contributed by atoms with E-state index in [9.17, 15) is 9.90 Å². The van der Waals surface area contributed by atoms with Crippen LogP contribution in [0.5, 0.6) is 5.75 Å². The van der Waals surface area contributed by atoms with Gasteiger partial charge < -0.3 is 5.11 Å². The fourth-order valence-corrected chi connectivity index (χ4v) is 3.61. The molecule has 0 atom stereocenters. The molecule has 0 aliphatic carbocycles. The smallest absolute Gasteiger partial charge is 0.282 e. The van der Waals surface area contributed by atoms with Crippen molar-refractivity contribution < 1.29 is 5.11 Å². The maximum absolute atomic E-state index is 13.1. The molecular weight excluding hydrogens is 442 g/mol. The number of phenols is 1. The van der Waals surface area contributed by atoms with Crippen LogP contribution in [-0.4, -0.2) is 21.0 Å². The molecule has 7 heteroatoms. The number of nitrogens with zero attached hydrogens (tertiary/aromatic N) is 3. The molecule has 1 heterocycles. The number of halogens is 2. The number of aromatic nitrogens is 2. The highest BCUT2D eigenvalue weighted by molar-refractivity contribution is 9.10. The molecule has 0 saturated carbocycles. The van der Waals surface area contributed by atoms with E-state index in [1.54, 1.807) is 30.3 Å². The minimum Gasteiger partial charge on any atom is -0.505 e. The first-order valence-electron chi connectivity index (χ1n) is 8.34. The van der Waals surface area contributed by atoms with Gasteiger partial charge in [0.15, 0.2) is 5.82 Å². The molecule has 0 fully saturated rings. The Balaban J connectivity index is 1.92. The average molecular weight is 455 g/mol. The van der Waals surface area contributed by atoms with Crippen molar-refractivity contribution in [3.05, 3.63) is 92.1 Å². The minimum atomic E-state index is -0.273. The molecule has 0 amide bonds. The minimum absolute atomic E-state index is 0.0478. The lowest BCUT2D eigenvalue weighted by Gasteiger charge is -2.09. The zero-order valence-electron chi connectivity index (χ0n) is 14.4. The summed E-state index contributed by atoms with van der Waals surface area (Å²) in [6.07, 6.45) is 1.50. The molecule has 1 N–H and O–H groups in total. The topological polar surface area (TPSA) is 67.5 Å². The van der Waals surface area contributed by atoms with E-state index >= 15 is 0 Å². The number of hydrogen-bond donors (Lipinski definition) is 1. The van der Waals surface area contributed by atoms with Crippen molar-refractivity contribution in [1.29, 1.82) is 0 Å². The molecule has 0 unspecified atom stereocenters. The quantitative estimate of drug-likeness (QED) is 0.440. The van der Waals surface area contributed by atoms with Gasteiger partial charge in [-0.25, -0.2) is 4.98 Å². The molecule has 3 aromatic carbocycles. The number of aromatic hydroxyl groups is 1. The predicted molar refractivity (Wildman–Crippen MR) is 115 cm³/mol. The van der Waals surface area contributed by atoms with E-state index in [0.717, 1.165) is 5.56 Å². The molecular formula is C21H13BrClN3O2. The van der Waals surface area contributed by atoms with Crippen LogP contribution in [0, 0.1) is 0 Å². The zero-order valence-corrected chi connectivity index (χ0v) is 16.7. The number of phenolic OH excluding ortho intramolecular Hbond substituents is 1. The number of rotatable bonds is 3. The van der Waals surface area contributed by atoms with E-state index in [1.807, 2.05) is 36.4 Å². The highest BCUT2D eigenvalue weighted by Gasteiger charge is 2.12. The molecule has 28 heavy (non-hydrogen) atoms. The van der Waals surface area contributed by atoms with Gasteiger partial charge in [-0.15, -0.1) is 0 Å². The Labute approximate surface area is 173 Å². The number of hydrogen-bond acceptors (Lipinski definition) is 4. The Bertz CT molecular complexity index is 1250. The SMILES string of the molecule is O=c1c2ccccc2nc(-c2ccccc2)n1N=Cc1cc(Cl)c(O)c(Br)c1. The van der Waals surface area contributed by atoms with E-state index in [4.69, 9.17) is 11.6 Å². The summed E-state index contributed by atoms with van der Waals surface area (Å²) in [5.74, 6) is 0.387. The lowest BCUT2D eigenvalue weighted by molar-refractivity contribution is 0.472. The second kappa shape index (κ2) is 7.58. The van der Waals surface area contributed by atoms with Crippen LogP contribution >= 0.6 is 27.5 Å². The van der Waals surface area contributed by atoms with Crippen molar-refractivity contribution in [3.63, 3.8) is 0 Å². The number of benzene rings is 3. The van der Waals surface area contributed by atoms with Gasteiger partial charge in [-0.3, -0.25) is 4.79 Å². The molecule has 5 nitrogen and oxygen atoms in total. The Morgan fingerprint density at radius 3 is 2.54 bits per heavy atom. The fourth-order valence-electron chi connectivity index (χ4n) is 2.79. The van der Waals surface area contributed by atoms with Crippen LogP contribution in [0.25, 0.3) is 22.3 Å². The Morgan fingerprint density at radius 1 is 1.07 bits per heavy atom. The Hall–Kier alpha value is -2.96. The van der Waals surface area contributed by atoms with Gasteiger partial charge in [0, 0.05) is 5.56 Å². The standard InChI is InChI=1S/C21H13BrClN3O2/c22-16-10-13(11-17(23)19(16)27)12-24-26-20(14-6-2-1-3-7-14)25-18-9-5-4-8-15(18)21(26)28/h1-12,27H. The molecule has 4 rings (SSSR count). The number of para-hydroxylation sites is 1. The molecule has 1 aromatic heterocycles. The molecule has 0 spiro atoms. The van der Waals surface area contributed by atoms with Crippen molar-refractivity contribution >= 4 is 44.6 Å². The molecule has 4 aromatic rings. The van der Waals surface area contributed by atoms with Crippen molar-refractivity contribution in [2.24, 2.45) is 5.10 Å². The lowest BCUT2D eigenvalue weighted by Crippen LogP contribution is -2.20. The molecule has 0 bridgehead atoms. The van der Waals surface area contributed by atoms with E-state index in [0.29, 0.717) is 26.8 Å². The van der Waals surface area contributed by atoms with Crippen molar-refractivity contribution in [2.75, 3.05) is 0 Å². The summed E-state index contributed by atoms with van der Waals surface area (Å²) in [7, 11) is 0. The van der Waals surface area contributed by atoms with Crippen molar-refractivity contribution in [1.82, 2.24) is 9.66 Å². The molecule has 0 saturated heterocycles. The Morgan fingerprint density at radius 2 is 1.79 bits per heavy atom. The summed E-state index contributed by atoms with van der Waals surface area (Å²) < 4.78 is 1.71. The van der Waals surface area contributed by atoms with Gasteiger partial charge in [-0.1, -0.05) is 54.1 Å². The third kappa shape index (κ3) is 3.44. The highest BCUT2D eigenvalue weighted by atomic mass is 79.9. The van der Waals surface area contributed by atoms with Gasteiger partial charge >= 0.3 is 0 Å². The normalized spacial score (nSPS) is 11.4. The van der Waals surface area contributed by atoms with Crippen LogP contribution in [0.15, 0.2) is 81.1 Å². The molecule has 0 aliphatic heterocycles. The molecule has 0 radical (unpaired) electrons. The van der Waals surface area contributed by atoms with Crippen molar-refractivity contribution in [2.45, 2.75) is 0 Å². The van der Waals surface area contributed by atoms with E-state index in [2.05, 4.69) is 26.0 Å². The summed E-state index contributed by atoms with van der Waals surface area (Å²) in [4.78, 5) is 17.7. The van der Waals surface area contributed by atoms with Crippen LogP contribution in [0.2, 0.25) is 5.02 Å². The van der Waals surface area contributed by atoms with Crippen LogP contribution in [0.1, 0.15) is 5.56 Å². The second-order valence-corrected chi connectivity index (χ2v) is 7.27. The third-order valence-electron chi connectivity index (χ3n) is 4.15. The third-order valence-corrected chi connectivity index (χ3v) is 5.04. The van der Waals surface area contributed by atoms with Gasteiger partial charge in [0.05, 0.1) is 26.6 Å². The van der Waals surface area contributed by atoms with Crippen molar-refractivity contribution in [3.8, 4) is 17.1 Å². The van der Waals surface area contributed by atoms with Crippen LogP contribution < -0.4 is 5.56 Å². The molecule has 138 valence electrons. The average Bonchev–Trinajstić information content (AvgIpc) is 2.72. The first kappa shape index (κ1) is 18.4. The monoisotopic (exact) mass is 453 g/mol. The summed E-state index contributed by atoms with van der Waals surface area (Å²) in [6, 6.07) is 19.8. The van der Waals surface area contributed by atoms with Gasteiger partial charge in [0.1, 0.15) is 5.75 Å². The maximum Gasteiger partial charge on any atom is 0.282 e. The predicted octanol–water partition coefficient (Wildman–Crippen LogP) is 5.07. The number of fused-ring (bicyclic) bond motifs is 1. The van der Waals surface area contributed by atoms with E-state index < -0.39 is 0 Å². The summed E-state index contributed by atoms with van der Waals surface area (Å²) in [6.45, 7) is 0. The maximum atomic E-state index is 13.1. The summed E-state index contributed by atoms with van der Waals surface area (Å²) >= 11 is 9.26. The van der Waals surface area contributed by atoms with E-state index in [-0.39, 0.29) is 16.3 Å². The van der Waals surface area contributed by atoms with E-state index in [1.165, 1.54) is 10.9 Å². The molecule has 0 aliphatic rings. The fraction of sp³-hybridized carbons (Fsp3) is 0. The lowest BCUT2D eigenvalue weighted by atomic mass is 10.2. The van der Waals surface area contributed by atoms with Gasteiger partial charge in [-0.05, 0) is 45.8 Å². The summed E-state index contributed by atoms with van der Waals surface area (Å²) in [5, 5.41) is 14.8. The van der Waals surface area contributed by atoms with Gasteiger partial charge in [-0.2, -0.15) is 9.78 Å².